The standard InChI is InChI=1S/C17H20Cl2N4O3/c1-10(2)15(20)13(24)5-8-23(17(25)16(18)19)11-3-6-21-12(9-11)14-4-7-22-26-14/h3-4,6-7,9-10,15-16H,5,8,20H2,1-2H3. The van der Waals surface area contributed by atoms with Crippen LogP contribution >= 0.6 is 23.2 Å². The number of alkyl halides is 2. The monoisotopic (exact) mass is 398 g/mol. The number of aromatic nitrogens is 2. The van der Waals surface area contributed by atoms with Crippen LogP contribution in [-0.2, 0) is 9.59 Å². The summed E-state index contributed by atoms with van der Waals surface area (Å²) in [4.78, 5) is 28.9. The molecule has 2 aromatic rings. The highest BCUT2D eigenvalue weighted by molar-refractivity contribution is 6.54. The fraction of sp³-hybridized carbons (Fsp3) is 0.412. The van der Waals surface area contributed by atoms with E-state index in [-0.39, 0.29) is 24.7 Å². The first-order valence-corrected chi connectivity index (χ1v) is 8.93. The molecule has 0 aliphatic rings. The maximum absolute atomic E-state index is 12.4. The van der Waals surface area contributed by atoms with Crippen LogP contribution in [0.15, 0.2) is 35.1 Å². The normalized spacial score (nSPS) is 12.4. The van der Waals surface area contributed by atoms with Crippen molar-refractivity contribution in [1.29, 1.82) is 0 Å². The Morgan fingerprint density at radius 2 is 2.00 bits per heavy atom. The molecular formula is C17H20Cl2N4O3. The van der Waals surface area contributed by atoms with Crippen LogP contribution < -0.4 is 10.6 Å². The molecule has 0 spiro atoms. The van der Waals surface area contributed by atoms with E-state index in [9.17, 15) is 9.59 Å². The highest BCUT2D eigenvalue weighted by atomic mass is 35.5. The number of rotatable bonds is 8. The molecule has 2 N–H and O–H groups in total. The SMILES string of the molecule is CC(C)C(N)C(=O)CCN(C(=O)C(Cl)Cl)c1ccnc(-c2ccno2)c1. The summed E-state index contributed by atoms with van der Waals surface area (Å²) < 4.78 is 5.08. The molecular weight excluding hydrogens is 379 g/mol. The number of nitrogens with two attached hydrogens (primary N) is 1. The van der Waals surface area contributed by atoms with Crippen molar-refractivity contribution < 1.29 is 14.1 Å². The Balaban J connectivity index is 2.24. The summed E-state index contributed by atoms with van der Waals surface area (Å²) in [6.45, 7) is 3.84. The molecule has 0 radical (unpaired) electrons. The molecule has 0 fully saturated rings. The van der Waals surface area contributed by atoms with Gasteiger partial charge in [-0.2, -0.15) is 0 Å². The highest BCUT2D eigenvalue weighted by Gasteiger charge is 2.25. The Morgan fingerprint density at radius 3 is 2.58 bits per heavy atom. The predicted octanol–water partition coefficient (Wildman–Crippen LogP) is 2.82. The maximum atomic E-state index is 12.4. The Hall–Kier alpha value is -1.96. The summed E-state index contributed by atoms with van der Waals surface area (Å²) >= 11 is 11.5. The van der Waals surface area contributed by atoms with Gasteiger partial charge in [-0.05, 0) is 18.1 Å². The largest absolute Gasteiger partial charge is 0.355 e. The van der Waals surface area contributed by atoms with Crippen LogP contribution in [0, 0.1) is 5.92 Å². The molecule has 0 aliphatic carbocycles. The molecule has 2 heterocycles. The van der Waals surface area contributed by atoms with Gasteiger partial charge in [0.1, 0.15) is 5.69 Å². The van der Waals surface area contributed by atoms with Crippen molar-refractivity contribution in [3.63, 3.8) is 0 Å². The van der Waals surface area contributed by atoms with Gasteiger partial charge in [0, 0.05) is 30.9 Å². The van der Waals surface area contributed by atoms with Crippen LogP contribution in [0.5, 0.6) is 0 Å². The van der Waals surface area contributed by atoms with Gasteiger partial charge in [-0.1, -0.05) is 42.2 Å². The number of carbonyl (C=O) groups is 2. The topological polar surface area (TPSA) is 102 Å². The van der Waals surface area contributed by atoms with Crippen molar-refractivity contribution in [3.8, 4) is 11.5 Å². The first-order valence-electron chi connectivity index (χ1n) is 8.06. The summed E-state index contributed by atoms with van der Waals surface area (Å²) in [7, 11) is 0. The van der Waals surface area contributed by atoms with Crippen LogP contribution in [0.25, 0.3) is 11.5 Å². The molecule has 1 atom stereocenters. The molecule has 0 saturated heterocycles. The van der Waals surface area contributed by atoms with E-state index in [1.165, 1.54) is 17.3 Å². The lowest BCUT2D eigenvalue weighted by atomic mass is 9.99. The number of hydrogen-bond donors (Lipinski definition) is 1. The zero-order valence-electron chi connectivity index (χ0n) is 14.4. The minimum Gasteiger partial charge on any atom is -0.355 e. The van der Waals surface area contributed by atoms with Crippen molar-refractivity contribution in [2.24, 2.45) is 11.7 Å². The number of halogens is 2. The van der Waals surface area contributed by atoms with Crippen molar-refractivity contribution in [2.75, 3.05) is 11.4 Å². The first kappa shape index (κ1) is 20.4. The number of hydrogen-bond acceptors (Lipinski definition) is 6. The Morgan fingerprint density at radius 1 is 1.27 bits per heavy atom. The number of amides is 1. The molecule has 26 heavy (non-hydrogen) atoms. The van der Waals surface area contributed by atoms with Crippen molar-refractivity contribution >= 4 is 40.6 Å². The van der Waals surface area contributed by atoms with E-state index in [4.69, 9.17) is 33.5 Å². The maximum Gasteiger partial charge on any atom is 0.260 e. The highest BCUT2D eigenvalue weighted by Crippen LogP contribution is 2.24. The third-order valence-electron chi connectivity index (χ3n) is 3.87. The van der Waals surface area contributed by atoms with E-state index < -0.39 is 16.8 Å². The molecule has 7 nitrogen and oxygen atoms in total. The Labute approximate surface area is 161 Å². The molecule has 1 unspecified atom stereocenters. The van der Waals surface area contributed by atoms with E-state index in [2.05, 4.69) is 10.1 Å². The van der Waals surface area contributed by atoms with Crippen molar-refractivity contribution in [3.05, 3.63) is 30.6 Å². The zero-order chi connectivity index (χ0) is 19.3. The summed E-state index contributed by atoms with van der Waals surface area (Å²) in [5, 5.41) is 3.64. The minimum atomic E-state index is -1.26. The number of ketones is 1. The van der Waals surface area contributed by atoms with Gasteiger partial charge in [0.05, 0.1) is 12.2 Å². The molecule has 2 aromatic heterocycles. The van der Waals surface area contributed by atoms with Crippen LogP contribution in [-0.4, -0.2) is 39.3 Å². The third kappa shape index (κ3) is 5.03. The number of nitrogens with zero attached hydrogens (tertiary/aromatic N) is 3. The minimum absolute atomic E-state index is 0.0134. The van der Waals surface area contributed by atoms with E-state index in [1.54, 1.807) is 18.2 Å². The van der Waals surface area contributed by atoms with E-state index in [0.717, 1.165) is 0 Å². The van der Waals surface area contributed by atoms with Crippen LogP contribution in [0.4, 0.5) is 5.69 Å². The quantitative estimate of drug-likeness (QED) is 0.685. The molecule has 1 amide bonds. The average molecular weight is 399 g/mol. The summed E-state index contributed by atoms with van der Waals surface area (Å²) in [6, 6.07) is 4.33. The van der Waals surface area contributed by atoms with Gasteiger partial charge in [0.15, 0.2) is 16.4 Å². The number of pyridine rings is 1. The molecule has 140 valence electrons. The van der Waals surface area contributed by atoms with Gasteiger partial charge in [-0.25, -0.2) is 0 Å². The van der Waals surface area contributed by atoms with Crippen molar-refractivity contribution in [2.45, 2.75) is 31.1 Å². The smallest absolute Gasteiger partial charge is 0.260 e. The average Bonchev–Trinajstić information content (AvgIpc) is 3.15. The fourth-order valence-corrected chi connectivity index (χ4v) is 2.55. The van der Waals surface area contributed by atoms with Crippen LogP contribution in [0.3, 0.4) is 0 Å². The summed E-state index contributed by atoms with van der Waals surface area (Å²) in [5.74, 6) is -0.207. The second-order valence-corrected chi connectivity index (χ2v) is 7.15. The molecule has 2 rings (SSSR count). The summed E-state index contributed by atoms with van der Waals surface area (Å²) in [5.41, 5.74) is 6.86. The van der Waals surface area contributed by atoms with Gasteiger partial charge in [0.2, 0.25) is 0 Å². The number of Topliss-reactive ketones (excluding diaryl/α,β-unsaturated/α-hetero) is 1. The van der Waals surface area contributed by atoms with Gasteiger partial charge in [0.25, 0.3) is 5.91 Å². The molecule has 0 aromatic carbocycles. The molecule has 0 aliphatic heterocycles. The Kier molecular flexibility index (Phi) is 7.14. The second kappa shape index (κ2) is 9.12. The lowest BCUT2D eigenvalue weighted by molar-refractivity contribution is -0.121. The molecule has 0 saturated carbocycles. The lowest BCUT2D eigenvalue weighted by Crippen LogP contribution is -2.40. The number of carbonyl (C=O) groups excluding carboxylic acids is 2. The van der Waals surface area contributed by atoms with E-state index in [0.29, 0.717) is 17.1 Å². The lowest BCUT2D eigenvalue weighted by Gasteiger charge is -2.24. The van der Waals surface area contributed by atoms with Gasteiger partial charge in [-0.3, -0.25) is 14.6 Å². The second-order valence-electron chi connectivity index (χ2n) is 6.05. The van der Waals surface area contributed by atoms with Gasteiger partial charge < -0.3 is 15.2 Å². The molecule has 0 bridgehead atoms. The Bertz CT molecular complexity index is 750. The van der Waals surface area contributed by atoms with E-state index >= 15 is 0 Å². The van der Waals surface area contributed by atoms with Gasteiger partial charge in [-0.15, -0.1) is 0 Å². The van der Waals surface area contributed by atoms with Crippen molar-refractivity contribution in [1.82, 2.24) is 10.1 Å². The zero-order valence-corrected chi connectivity index (χ0v) is 15.9. The summed E-state index contributed by atoms with van der Waals surface area (Å²) in [6.07, 6.45) is 3.10. The number of anilines is 1. The van der Waals surface area contributed by atoms with Gasteiger partial charge >= 0.3 is 0 Å². The first-order chi connectivity index (χ1) is 12.3. The van der Waals surface area contributed by atoms with E-state index in [1.807, 2.05) is 13.8 Å². The third-order valence-corrected chi connectivity index (χ3v) is 4.24. The van der Waals surface area contributed by atoms with Crippen LogP contribution in [0.2, 0.25) is 0 Å². The fourth-order valence-electron chi connectivity index (χ4n) is 2.31. The molecule has 9 heteroatoms. The predicted molar refractivity (Wildman–Crippen MR) is 100 cm³/mol. The van der Waals surface area contributed by atoms with Crippen LogP contribution in [0.1, 0.15) is 20.3 Å².